The van der Waals surface area contributed by atoms with E-state index in [1.807, 2.05) is 25.1 Å². The molecule has 2 heterocycles. The number of piperidine rings is 1. The molecule has 0 bridgehead atoms. The Morgan fingerprint density at radius 3 is 2.90 bits per heavy atom. The van der Waals surface area contributed by atoms with Gasteiger partial charge in [-0.15, -0.1) is 0 Å². The van der Waals surface area contributed by atoms with Crippen molar-refractivity contribution in [2.45, 2.75) is 37.1 Å². The van der Waals surface area contributed by atoms with Gasteiger partial charge in [0.1, 0.15) is 0 Å². The van der Waals surface area contributed by atoms with Gasteiger partial charge in [-0.2, -0.15) is 4.31 Å². The summed E-state index contributed by atoms with van der Waals surface area (Å²) in [6.45, 7) is 2.60. The highest BCUT2D eigenvalue weighted by atomic mass is 32.2. The Hall–Kier alpha value is -1.46. The van der Waals surface area contributed by atoms with Gasteiger partial charge in [0.15, 0.2) is 0 Å². The van der Waals surface area contributed by atoms with Crippen LogP contribution in [-0.2, 0) is 10.0 Å². The van der Waals surface area contributed by atoms with Gasteiger partial charge in [-0.3, -0.25) is 4.98 Å². The Bertz CT molecular complexity index is 727. The zero-order valence-corrected chi connectivity index (χ0v) is 12.3. The Labute approximate surface area is 119 Å². The average Bonchev–Trinajstić information content (AvgIpc) is 2.47. The first-order valence-electron chi connectivity index (χ1n) is 6.96. The summed E-state index contributed by atoms with van der Waals surface area (Å²) in [4.78, 5) is 4.58. The van der Waals surface area contributed by atoms with E-state index < -0.39 is 10.0 Å². The van der Waals surface area contributed by atoms with E-state index >= 15 is 0 Å². The molecule has 1 unspecified atom stereocenters. The van der Waals surface area contributed by atoms with Crippen LogP contribution in [0.25, 0.3) is 10.9 Å². The Morgan fingerprint density at radius 2 is 2.10 bits per heavy atom. The van der Waals surface area contributed by atoms with Crippen molar-refractivity contribution in [1.82, 2.24) is 9.29 Å². The molecular weight excluding hydrogens is 272 g/mol. The van der Waals surface area contributed by atoms with Crippen LogP contribution in [0.15, 0.2) is 41.4 Å². The van der Waals surface area contributed by atoms with E-state index in [2.05, 4.69) is 4.98 Å². The predicted octanol–water partition coefficient (Wildman–Crippen LogP) is 2.80. The van der Waals surface area contributed by atoms with Gasteiger partial charge < -0.3 is 0 Å². The van der Waals surface area contributed by atoms with Gasteiger partial charge in [-0.05, 0) is 38.0 Å². The molecule has 1 fully saturated rings. The van der Waals surface area contributed by atoms with Gasteiger partial charge in [-0.25, -0.2) is 8.42 Å². The van der Waals surface area contributed by atoms with Crippen molar-refractivity contribution in [3.63, 3.8) is 0 Å². The predicted molar refractivity (Wildman–Crippen MR) is 78.9 cm³/mol. The molecule has 1 aromatic heterocycles. The molecule has 2 aromatic rings. The lowest BCUT2D eigenvalue weighted by Crippen LogP contribution is -2.41. The smallest absolute Gasteiger partial charge is 0.243 e. The van der Waals surface area contributed by atoms with Gasteiger partial charge in [0.25, 0.3) is 0 Å². The normalized spacial score (nSPS) is 21.1. The number of fused-ring (bicyclic) bond motifs is 1. The van der Waals surface area contributed by atoms with E-state index in [0.717, 1.165) is 30.2 Å². The summed E-state index contributed by atoms with van der Waals surface area (Å²) in [5.74, 6) is 0. The zero-order valence-electron chi connectivity index (χ0n) is 11.5. The van der Waals surface area contributed by atoms with Crippen LogP contribution in [0.1, 0.15) is 26.2 Å². The molecule has 4 nitrogen and oxygen atoms in total. The number of sulfonamides is 1. The first-order valence-corrected chi connectivity index (χ1v) is 8.40. The van der Waals surface area contributed by atoms with Crippen molar-refractivity contribution in [1.29, 1.82) is 0 Å². The molecule has 0 N–H and O–H groups in total. The maximum absolute atomic E-state index is 12.7. The van der Waals surface area contributed by atoms with E-state index in [0.29, 0.717) is 11.4 Å². The molecule has 0 aliphatic carbocycles. The minimum absolute atomic E-state index is 0.0770. The van der Waals surface area contributed by atoms with Crippen molar-refractivity contribution >= 4 is 20.9 Å². The molecular formula is C15H18N2O2S. The molecule has 1 atom stereocenters. The standard InChI is InChI=1S/C15H18N2O2S/c1-12-5-2-3-10-17(12)20(18,19)14-8-7-13-6-4-9-16-15(13)11-14/h4,6-9,11-12H,2-3,5,10H2,1H3. The summed E-state index contributed by atoms with van der Waals surface area (Å²) in [6, 6.07) is 9.04. The lowest BCUT2D eigenvalue weighted by atomic mass is 10.1. The Kier molecular flexibility index (Phi) is 3.48. The largest absolute Gasteiger partial charge is 0.256 e. The van der Waals surface area contributed by atoms with Crippen LogP contribution in [-0.4, -0.2) is 30.3 Å². The quantitative estimate of drug-likeness (QED) is 0.854. The van der Waals surface area contributed by atoms with Crippen molar-refractivity contribution in [2.75, 3.05) is 6.54 Å². The molecule has 0 radical (unpaired) electrons. The minimum atomic E-state index is -3.41. The molecule has 1 aliphatic rings. The second-order valence-corrected chi connectivity index (χ2v) is 7.21. The van der Waals surface area contributed by atoms with Crippen LogP contribution >= 0.6 is 0 Å². The van der Waals surface area contributed by atoms with Crippen molar-refractivity contribution < 1.29 is 8.42 Å². The van der Waals surface area contributed by atoms with Crippen molar-refractivity contribution in [3.05, 3.63) is 36.5 Å². The zero-order chi connectivity index (χ0) is 14.2. The number of nitrogens with zero attached hydrogens (tertiary/aromatic N) is 2. The summed E-state index contributed by atoms with van der Waals surface area (Å²) in [7, 11) is -3.41. The van der Waals surface area contributed by atoms with Gasteiger partial charge in [0.05, 0.1) is 10.4 Å². The fraction of sp³-hybridized carbons (Fsp3) is 0.400. The monoisotopic (exact) mass is 290 g/mol. The van der Waals surface area contributed by atoms with Crippen LogP contribution in [0.2, 0.25) is 0 Å². The van der Waals surface area contributed by atoms with E-state index in [-0.39, 0.29) is 6.04 Å². The molecule has 0 spiro atoms. The average molecular weight is 290 g/mol. The van der Waals surface area contributed by atoms with E-state index in [1.165, 1.54) is 0 Å². The van der Waals surface area contributed by atoms with Crippen molar-refractivity contribution in [3.8, 4) is 0 Å². The van der Waals surface area contributed by atoms with Gasteiger partial charge in [0, 0.05) is 24.2 Å². The fourth-order valence-electron chi connectivity index (χ4n) is 2.77. The lowest BCUT2D eigenvalue weighted by molar-refractivity contribution is 0.268. The second kappa shape index (κ2) is 5.14. The number of rotatable bonds is 2. The van der Waals surface area contributed by atoms with E-state index in [1.54, 1.807) is 22.6 Å². The number of hydrogen-bond acceptors (Lipinski definition) is 3. The van der Waals surface area contributed by atoms with Crippen LogP contribution in [0.5, 0.6) is 0 Å². The SMILES string of the molecule is CC1CCCCN1S(=O)(=O)c1ccc2cccnc2c1. The molecule has 0 amide bonds. The minimum Gasteiger partial charge on any atom is -0.256 e. The first-order chi connectivity index (χ1) is 9.59. The first kappa shape index (κ1) is 13.5. The molecule has 0 saturated carbocycles. The van der Waals surface area contributed by atoms with Crippen LogP contribution in [0.3, 0.4) is 0 Å². The maximum atomic E-state index is 12.7. The van der Waals surface area contributed by atoms with E-state index in [4.69, 9.17) is 0 Å². The Morgan fingerprint density at radius 1 is 1.25 bits per heavy atom. The summed E-state index contributed by atoms with van der Waals surface area (Å²) in [6.07, 6.45) is 4.66. The molecule has 3 rings (SSSR count). The summed E-state index contributed by atoms with van der Waals surface area (Å²) >= 11 is 0. The molecule has 1 aliphatic heterocycles. The number of benzene rings is 1. The molecule has 106 valence electrons. The number of aromatic nitrogens is 1. The highest BCUT2D eigenvalue weighted by Gasteiger charge is 2.30. The van der Waals surface area contributed by atoms with Crippen LogP contribution < -0.4 is 0 Å². The molecule has 1 saturated heterocycles. The van der Waals surface area contributed by atoms with Crippen LogP contribution in [0, 0.1) is 0 Å². The third-order valence-corrected chi connectivity index (χ3v) is 5.94. The van der Waals surface area contributed by atoms with Crippen molar-refractivity contribution in [2.24, 2.45) is 0 Å². The van der Waals surface area contributed by atoms with Gasteiger partial charge in [-0.1, -0.05) is 18.6 Å². The third kappa shape index (κ3) is 2.31. The molecule has 5 heteroatoms. The maximum Gasteiger partial charge on any atom is 0.243 e. The third-order valence-electron chi connectivity index (χ3n) is 3.93. The molecule has 20 heavy (non-hydrogen) atoms. The Balaban J connectivity index is 2.04. The summed E-state index contributed by atoms with van der Waals surface area (Å²) < 4.78 is 27.1. The topological polar surface area (TPSA) is 50.3 Å². The molecule has 1 aromatic carbocycles. The number of hydrogen-bond donors (Lipinski definition) is 0. The van der Waals surface area contributed by atoms with Gasteiger partial charge >= 0.3 is 0 Å². The van der Waals surface area contributed by atoms with Crippen LogP contribution in [0.4, 0.5) is 0 Å². The highest BCUT2D eigenvalue weighted by molar-refractivity contribution is 7.89. The highest BCUT2D eigenvalue weighted by Crippen LogP contribution is 2.26. The number of pyridine rings is 1. The second-order valence-electron chi connectivity index (χ2n) is 5.32. The fourth-order valence-corrected chi connectivity index (χ4v) is 4.49. The summed E-state index contributed by atoms with van der Waals surface area (Å²) in [5, 5.41) is 0.957. The van der Waals surface area contributed by atoms with Gasteiger partial charge in [0.2, 0.25) is 10.0 Å². The van der Waals surface area contributed by atoms with E-state index in [9.17, 15) is 8.42 Å². The summed E-state index contributed by atoms with van der Waals surface area (Å²) in [5.41, 5.74) is 0.721. The lowest BCUT2D eigenvalue weighted by Gasteiger charge is -2.32.